The monoisotopic (exact) mass is 266 g/mol. The lowest BCUT2D eigenvalue weighted by Gasteiger charge is -2.17. The smallest absolute Gasteiger partial charge is 0.143 e. The van der Waals surface area contributed by atoms with Gasteiger partial charge in [0.05, 0.1) is 17.4 Å². The van der Waals surface area contributed by atoms with Crippen LogP contribution < -0.4 is 5.32 Å². The van der Waals surface area contributed by atoms with E-state index in [4.69, 9.17) is 0 Å². The minimum absolute atomic E-state index is 0.140. The maximum absolute atomic E-state index is 4.14. The number of hydrogen-bond donors (Lipinski definition) is 1. The lowest BCUT2D eigenvalue weighted by Crippen LogP contribution is -2.09. The van der Waals surface area contributed by atoms with E-state index in [0.717, 1.165) is 16.9 Å². The number of tetrazole rings is 1. The Balaban J connectivity index is 1.88. The van der Waals surface area contributed by atoms with Crippen LogP contribution in [0.5, 0.6) is 0 Å². The fraction of sp³-hybridized carbons (Fsp3) is 0.143. The highest BCUT2D eigenvalue weighted by Crippen LogP contribution is 2.23. The summed E-state index contributed by atoms with van der Waals surface area (Å²) in [5, 5.41) is 14.7. The highest BCUT2D eigenvalue weighted by atomic mass is 15.5. The number of para-hydroxylation sites is 2. The average Bonchev–Trinajstić information content (AvgIpc) is 3.03. The van der Waals surface area contributed by atoms with E-state index in [1.807, 2.05) is 42.6 Å². The van der Waals surface area contributed by atoms with E-state index in [0.29, 0.717) is 0 Å². The maximum Gasteiger partial charge on any atom is 0.143 e. The zero-order valence-electron chi connectivity index (χ0n) is 11.0. The minimum atomic E-state index is 0.140. The van der Waals surface area contributed by atoms with Crippen LogP contribution >= 0.6 is 0 Å². The first-order valence-electron chi connectivity index (χ1n) is 6.33. The van der Waals surface area contributed by atoms with Gasteiger partial charge >= 0.3 is 0 Å². The van der Waals surface area contributed by atoms with E-state index < -0.39 is 0 Å². The standard InChI is InChI=1S/C14H14N6/c1-11(12-5-4-8-15-9-12)17-13-6-2-3-7-14(13)20-10-16-18-19-20/h2-11,17H,1H3. The van der Waals surface area contributed by atoms with Gasteiger partial charge in [-0.1, -0.05) is 18.2 Å². The zero-order valence-corrected chi connectivity index (χ0v) is 11.0. The van der Waals surface area contributed by atoms with Gasteiger partial charge < -0.3 is 5.32 Å². The Morgan fingerprint density at radius 3 is 2.80 bits per heavy atom. The highest BCUT2D eigenvalue weighted by molar-refractivity contribution is 5.61. The summed E-state index contributed by atoms with van der Waals surface area (Å²) in [5.41, 5.74) is 3.00. The fourth-order valence-electron chi connectivity index (χ4n) is 2.02. The highest BCUT2D eigenvalue weighted by Gasteiger charge is 2.09. The van der Waals surface area contributed by atoms with Gasteiger partial charge in [-0.15, -0.1) is 5.10 Å². The maximum atomic E-state index is 4.14. The molecule has 0 saturated carbocycles. The van der Waals surface area contributed by atoms with E-state index in [1.165, 1.54) is 0 Å². The van der Waals surface area contributed by atoms with Gasteiger partial charge in [0.15, 0.2) is 0 Å². The van der Waals surface area contributed by atoms with Crippen LogP contribution in [0.25, 0.3) is 5.69 Å². The first-order chi connectivity index (χ1) is 9.84. The molecule has 0 spiro atoms. The van der Waals surface area contributed by atoms with Crippen LogP contribution in [-0.2, 0) is 0 Å². The molecule has 0 radical (unpaired) electrons. The van der Waals surface area contributed by atoms with Crippen molar-refractivity contribution >= 4 is 5.69 Å². The number of anilines is 1. The van der Waals surface area contributed by atoms with Crippen LogP contribution in [0.1, 0.15) is 18.5 Å². The first kappa shape index (κ1) is 12.3. The number of rotatable bonds is 4. The molecule has 0 amide bonds. The number of pyridine rings is 1. The van der Waals surface area contributed by atoms with Crippen LogP contribution in [-0.4, -0.2) is 25.2 Å². The molecule has 20 heavy (non-hydrogen) atoms. The summed E-state index contributed by atoms with van der Waals surface area (Å²) in [6.07, 6.45) is 5.21. The van der Waals surface area contributed by atoms with Crippen molar-refractivity contribution in [3.63, 3.8) is 0 Å². The third-order valence-corrected chi connectivity index (χ3v) is 3.06. The Morgan fingerprint density at radius 2 is 2.05 bits per heavy atom. The zero-order chi connectivity index (χ0) is 13.8. The van der Waals surface area contributed by atoms with Crippen LogP contribution in [0.4, 0.5) is 5.69 Å². The molecule has 100 valence electrons. The van der Waals surface area contributed by atoms with Gasteiger partial charge in [-0.2, -0.15) is 4.68 Å². The van der Waals surface area contributed by atoms with Gasteiger partial charge in [0.2, 0.25) is 0 Å². The molecule has 0 aliphatic rings. The van der Waals surface area contributed by atoms with Gasteiger partial charge in [0.1, 0.15) is 6.33 Å². The van der Waals surface area contributed by atoms with E-state index in [-0.39, 0.29) is 6.04 Å². The van der Waals surface area contributed by atoms with Gasteiger partial charge in [-0.05, 0) is 41.1 Å². The van der Waals surface area contributed by atoms with Crippen LogP contribution in [0.15, 0.2) is 55.1 Å². The second-order valence-electron chi connectivity index (χ2n) is 4.42. The molecule has 6 heteroatoms. The Kier molecular flexibility index (Phi) is 3.36. The number of nitrogens with one attached hydrogen (secondary N) is 1. The third kappa shape index (κ3) is 2.49. The van der Waals surface area contributed by atoms with Crippen molar-refractivity contribution in [1.29, 1.82) is 0 Å². The predicted octanol–water partition coefficient (Wildman–Crippen LogP) is 2.23. The molecule has 3 rings (SSSR count). The summed E-state index contributed by atoms with van der Waals surface area (Å²) in [6, 6.07) is 12.0. The number of nitrogens with zero attached hydrogens (tertiary/aromatic N) is 5. The van der Waals surface area contributed by atoms with Crippen LogP contribution in [0.2, 0.25) is 0 Å². The Labute approximate surface area is 116 Å². The lowest BCUT2D eigenvalue weighted by atomic mass is 10.1. The molecule has 3 aromatic rings. The van der Waals surface area contributed by atoms with E-state index in [9.17, 15) is 0 Å². The van der Waals surface area contributed by atoms with E-state index in [1.54, 1.807) is 17.2 Å². The number of benzene rings is 1. The van der Waals surface area contributed by atoms with Crippen molar-refractivity contribution < 1.29 is 0 Å². The Hall–Kier alpha value is -2.76. The van der Waals surface area contributed by atoms with Crippen LogP contribution in [0, 0.1) is 0 Å². The van der Waals surface area contributed by atoms with E-state index in [2.05, 4.69) is 32.7 Å². The molecule has 1 N–H and O–H groups in total. The largest absolute Gasteiger partial charge is 0.377 e. The van der Waals surface area contributed by atoms with Gasteiger partial charge in [0, 0.05) is 12.4 Å². The average molecular weight is 266 g/mol. The molecular weight excluding hydrogens is 252 g/mol. The summed E-state index contributed by atoms with van der Waals surface area (Å²) in [5.74, 6) is 0. The van der Waals surface area contributed by atoms with Crippen molar-refractivity contribution in [2.24, 2.45) is 0 Å². The molecule has 0 aliphatic carbocycles. The molecule has 1 unspecified atom stereocenters. The summed E-state index contributed by atoms with van der Waals surface area (Å²) in [7, 11) is 0. The summed E-state index contributed by atoms with van der Waals surface area (Å²) < 4.78 is 1.64. The quantitative estimate of drug-likeness (QED) is 0.784. The lowest BCUT2D eigenvalue weighted by molar-refractivity contribution is 0.785. The molecule has 0 aliphatic heterocycles. The summed E-state index contributed by atoms with van der Waals surface area (Å²) in [6.45, 7) is 2.09. The molecule has 6 nitrogen and oxygen atoms in total. The SMILES string of the molecule is CC(Nc1ccccc1-n1cnnn1)c1cccnc1. The molecular formula is C14H14N6. The first-order valence-corrected chi connectivity index (χ1v) is 6.33. The van der Waals surface area contributed by atoms with Gasteiger partial charge in [0.25, 0.3) is 0 Å². The number of aromatic nitrogens is 5. The summed E-state index contributed by atoms with van der Waals surface area (Å²) in [4.78, 5) is 4.14. The Morgan fingerprint density at radius 1 is 1.15 bits per heavy atom. The fourth-order valence-corrected chi connectivity index (χ4v) is 2.02. The molecule has 0 fully saturated rings. The number of hydrogen-bond acceptors (Lipinski definition) is 5. The molecule has 0 saturated heterocycles. The van der Waals surface area contributed by atoms with E-state index >= 15 is 0 Å². The summed E-state index contributed by atoms with van der Waals surface area (Å²) >= 11 is 0. The molecule has 2 aromatic heterocycles. The van der Waals surface area contributed by atoms with Gasteiger partial charge in [-0.25, -0.2) is 0 Å². The molecule has 2 heterocycles. The second kappa shape index (κ2) is 5.48. The molecule has 1 aromatic carbocycles. The van der Waals surface area contributed by atoms with Crippen molar-refractivity contribution in [1.82, 2.24) is 25.2 Å². The second-order valence-corrected chi connectivity index (χ2v) is 4.42. The Bertz CT molecular complexity index is 665. The third-order valence-electron chi connectivity index (χ3n) is 3.06. The van der Waals surface area contributed by atoms with Crippen LogP contribution in [0.3, 0.4) is 0 Å². The predicted molar refractivity (Wildman–Crippen MR) is 75.4 cm³/mol. The normalized spacial score (nSPS) is 12.1. The van der Waals surface area contributed by atoms with Crippen molar-refractivity contribution in [3.8, 4) is 5.69 Å². The minimum Gasteiger partial charge on any atom is -0.377 e. The topological polar surface area (TPSA) is 68.5 Å². The van der Waals surface area contributed by atoms with Crippen molar-refractivity contribution in [2.75, 3.05) is 5.32 Å². The van der Waals surface area contributed by atoms with Gasteiger partial charge in [-0.3, -0.25) is 4.98 Å². The van der Waals surface area contributed by atoms with Crippen molar-refractivity contribution in [2.45, 2.75) is 13.0 Å². The molecule has 0 bridgehead atoms. The molecule has 1 atom stereocenters. The van der Waals surface area contributed by atoms with Crippen molar-refractivity contribution in [3.05, 3.63) is 60.7 Å².